The number of aromatic nitrogens is 2. The van der Waals surface area contributed by atoms with E-state index in [1.807, 2.05) is 30.3 Å². The minimum Gasteiger partial charge on any atom is -0.362 e. The first-order valence-corrected chi connectivity index (χ1v) is 9.47. The van der Waals surface area contributed by atoms with Gasteiger partial charge >= 0.3 is 0 Å². The maximum absolute atomic E-state index is 4.75. The molecule has 4 aromatic rings. The predicted octanol–water partition coefficient (Wildman–Crippen LogP) is 5.92. The number of anilines is 3. The molecular weight excluding hydrogens is 340 g/mol. The molecule has 2 heterocycles. The number of hydrogen-bond acceptors (Lipinski definition) is 5. The number of rotatable bonds is 5. The maximum atomic E-state index is 4.75. The summed E-state index contributed by atoms with van der Waals surface area (Å²) in [6.45, 7) is 4.22. The summed E-state index contributed by atoms with van der Waals surface area (Å²) in [7, 11) is 0. The zero-order valence-electron chi connectivity index (χ0n) is 14.7. The van der Waals surface area contributed by atoms with Gasteiger partial charge in [-0.15, -0.1) is 11.3 Å². The van der Waals surface area contributed by atoms with Gasteiger partial charge in [0, 0.05) is 16.0 Å². The zero-order chi connectivity index (χ0) is 17.9. The van der Waals surface area contributed by atoms with Crippen LogP contribution in [0.4, 0.5) is 17.5 Å². The second kappa shape index (κ2) is 7.14. The average Bonchev–Trinajstić information content (AvgIpc) is 3.16. The van der Waals surface area contributed by atoms with E-state index in [0.29, 0.717) is 5.95 Å². The van der Waals surface area contributed by atoms with Crippen LogP contribution in [0.5, 0.6) is 0 Å². The number of aryl methyl sites for hydroxylation is 1. The van der Waals surface area contributed by atoms with Crippen molar-refractivity contribution >= 4 is 39.7 Å². The second-order valence-electron chi connectivity index (χ2n) is 6.29. The normalized spacial score (nSPS) is 12.1. The molecule has 0 aliphatic heterocycles. The lowest BCUT2D eigenvalue weighted by atomic mass is 10.2. The van der Waals surface area contributed by atoms with E-state index in [1.165, 1.54) is 10.4 Å². The Bertz CT molecular complexity index is 1030. The lowest BCUT2D eigenvalue weighted by Gasteiger charge is -2.16. The third-order valence-electron chi connectivity index (χ3n) is 4.20. The van der Waals surface area contributed by atoms with E-state index in [2.05, 4.69) is 65.2 Å². The molecule has 0 saturated heterocycles. The van der Waals surface area contributed by atoms with Crippen LogP contribution in [0, 0.1) is 6.92 Å². The molecule has 0 spiro atoms. The van der Waals surface area contributed by atoms with Crippen LogP contribution in [0.3, 0.4) is 0 Å². The molecule has 4 rings (SSSR count). The van der Waals surface area contributed by atoms with E-state index in [9.17, 15) is 0 Å². The zero-order valence-corrected chi connectivity index (χ0v) is 15.5. The molecule has 0 unspecified atom stereocenters. The van der Waals surface area contributed by atoms with E-state index in [4.69, 9.17) is 4.98 Å². The number of para-hydroxylation sites is 1. The Morgan fingerprint density at radius 1 is 0.962 bits per heavy atom. The molecule has 2 aromatic heterocycles. The number of fused-ring (bicyclic) bond motifs is 1. The van der Waals surface area contributed by atoms with Crippen LogP contribution in [-0.4, -0.2) is 9.97 Å². The van der Waals surface area contributed by atoms with Crippen LogP contribution in [0.25, 0.3) is 10.9 Å². The van der Waals surface area contributed by atoms with Gasteiger partial charge in [0.1, 0.15) is 5.82 Å². The van der Waals surface area contributed by atoms with E-state index in [1.54, 1.807) is 11.3 Å². The van der Waals surface area contributed by atoms with Gasteiger partial charge in [-0.2, -0.15) is 4.98 Å². The molecule has 0 radical (unpaired) electrons. The second-order valence-corrected chi connectivity index (χ2v) is 7.27. The predicted molar refractivity (Wildman–Crippen MR) is 110 cm³/mol. The van der Waals surface area contributed by atoms with E-state index in [0.717, 1.165) is 22.4 Å². The molecule has 5 heteroatoms. The largest absolute Gasteiger partial charge is 0.362 e. The van der Waals surface area contributed by atoms with Crippen molar-refractivity contribution < 1.29 is 0 Å². The van der Waals surface area contributed by atoms with Gasteiger partial charge < -0.3 is 10.6 Å². The van der Waals surface area contributed by atoms with Crippen LogP contribution in [0.1, 0.15) is 23.4 Å². The summed E-state index contributed by atoms with van der Waals surface area (Å²) in [5.74, 6) is 1.43. The summed E-state index contributed by atoms with van der Waals surface area (Å²) in [6, 6.07) is 20.7. The molecule has 2 aromatic carbocycles. The van der Waals surface area contributed by atoms with Gasteiger partial charge in [0.25, 0.3) is 0 Å². The van der Waals surface area contributed by atoms with E-state index >= 15 is 0 Å². The summed E-state index contributed by atoms with van der Waals surface area (Å²) in [5.41, 5.74) is 3.09. The Hall–Kier alpha value is -2.92. The molecule has 2 N–H and O–H groups in total. The Balaban J connectivity index is 1.71. The Kier molecular flexibility index (Phi) is 4.54. The third-order valence-corrected chi connectivity index (χ3v) is 5.26. The van der Waals surface area contributed by atoms with Crippen LogP contribution in [-0.2, 0) is 0 Å². The minimum absolute atomic E-state index is 0.181. The fourth-order valence-corrected chi connectivity index (χ4v) is 3.64. The lowest BCUT2D eigenvalue weighted by molar-refractivity contribution is 0.898. The van der Waals surface area contributed by atoms with E-state index < -0.39 is 0 Å². The van der Waals surface area contributed by atoms with Crippen molar-refractivity contribution in [3.8, 4) is 0 Å². The molecule has 1 atom stereocenters. The van der Waals surface area contributed by atoms with Gasteiger partial charge in [0.2, 0.25) is 5.95 Å². The number of nitrogens with zero attached hydrogens (tertiary/aromatic N) is 2. The van der Waals surface area contributed by atoms with Gasteiger partial charge in [-0.1, -0.05) is 30.3 Å². The highest BCUT2D eigenvalue weighted by atomic mass is 32.1. The summed E-state index contributed by atoms with van der Waals surface area (Å²) < 4.78 is 0. The van der Waals surface area contributed by atoms with Crippen molar-refractivity contribution in [2.75, 3.05) is 10.6 Å². The Morgan fingerprint density at radius 3 is 2.65 bits per heavy atom. The third kappa shape index (κ3) is 3.53. The van der Waals surface area contributed by atoms with Crippen molar-refractivity contribution in [3.63, 3.8) is 0 Å². The molecule has 130 valence electrons. The van der Waals surface area contributed by atoms with Gasteiger partial charge in [-0.3, -0.25) is 0 Å². The fourth-order valence-electron chi connectivity index (χ4n) is 2.91. The van der Waals surface area contributed by atoms with Crippen molar-refractivity contribution in [3.05, 3.63) is 76.5 Å². The first kappa shape index (κ1) is 16.5. The molecule has 0 aliphatic carbocycles. The van der Waals surface area contributed by atoms with Crippen molar-refractivity contribution in [1.29, 1.82) is 0 Å². The van der Waals surface area contributed by atoms with Gasteiger partial charge in [0.05, 0.1) is 11.6 Å². The van der Waals surface area contributed by atoms with Crippen LogP contribution >= 0.6 is 11.3 Å². The molecule has 0 fully saturated rings. The van der Waals surface area contributed by atoms with Crippen molar-refractivity contribution in [1.82, 2.24) is 9.97 Å². The first-order chi connectivity index (χ1) is 12.7. The molecule has 4 nitrogen and oxygen atoms in total. The van der Waals surface area contributed by atoms with Crippen molar-refractivity contribution in [2.45, 2.75) is 19.9 Å². The molecular formula is C21H20N4S. The van der Waals surface area contributed by atoms with Crippen molar-refractivity contribution in [2.24, 2.45) is 0 Å². The number of thiophene rings is 1. The average molecular weight is 360 g/mol. The monoisotopic (exact) mass is 360 g/mol. The highest BCUT2D eigenvalue weighted by Gasteiger charge is 2.12. The Labute approximate surface area is 157 Å². The topological polar surface area (TPSA) is 49.8 Å². The highest BCUT2D eigenvalue weighted by molar-refractivity contribution is 7.10. The fraction of sp³-hybridized carbons (Fsp3) is 0.143. The molecule has 0 bridgehead atoms. The molecule has 0 aliphatic rings. The standard InChI is InChI=1S/C21H20N4S/c1-14-7-5-8-16(13-14)23-21-24-18-10-4-3-9-17(18)20(25-21)22-15(2)19-11-6-12-26-19/h3-13,15H,1-2H3,(H2,22,23,24,25)/t15-/m1/s1. The lowest BCUT2D eigenvalue weighted by Crippen LogP contribution is -2.09. The Morgan fingerprint density at radius 2 is 1.85 bits per heavy atom. The SMILES string of the molecule is Cc1cccc(Nc2nc(N[C@H](C)c3cccs3)c3ccccc3n2)c1. The quantitative estimate of drug-likeness (QED) is 0.464. The maximum Gasteiger partial charge on any atom is 0.229 e. The van der Waals surface area contributed by atoms with E-state index in [-0.39, 0.29) is 6.04 Å². The first-order valence-electron chi connectivity index (χ1n) is 8.59. The molecule has 26 heavy (non-hydrogen) atoms. The smallest absolute Gasteiger partial charge is 0.229 e. The van der Waals surface area contributed by atoms with Gasteiger partial charge in [0.15, 0.2) is 0 Å². The number of benzene rings is 2. The van der Waals surface area contributed by atoms with Crippen LogP contribution in [0.2, 0.25) is 0 Å². The summed E-state index contributed by atoms with van der Waals surface area (Å²) in [4.78, 5) is 10.7. The number of nitrogens with one attached hydrogen (secondary N) is 2. The minimum atomic E-state index is 0.181. The summed E-state index contributed by atoms with van der Waals surface area (Å²) in [5, 5.41) is 9.98. The highest BCUT2D eigenvalue weighted by Crippen LogP contribution is 2.28. The van der Waals surface area contributed by atoms with Gasteiger partial charge in [-0.25, -0.2) is 4.98 Å². The van der Waals surface area contributed by atoms with Crippen LogP contribution < -0.4 is 10.6 Å². The number of hydrogen-bond donors (Lipinski definition) is 2. The summed E-state index contributed by atoms with van der Waals surface area (Å²) in [6.07, 6.45) is 0. The summed E-state index contributed by atoms with van der Waals surface area (Å²) >= 11 is 1.74. The van der Waals surface area contributed by atoms with Crippen LogP contribution in [0.15, 0.2) is 66.0 Å². The molecule has 0 amide bonds. The molecule has 0 saturated carbocycles. The van der Waals surface area contributed by atoms with Gasteiger partial charge in [-0.05, 0) is 55.1 Å².